The molecule has 0 saturated heterocycles. The highest BCUT2D eigenvalue weighted by atomic mass is 32.1. The zero-order valence-electron chi connectivity index (χ0n) is 3.09. The number of hydrogen-bond donors (Lipinski definition) is 2. The summed E-state index contributed by atoms with van der Waals surface area (Å²) in [5.41, 5.74) is 0. The van der Waals surface area contributed by atoms with E-state index in [1.807, 2.05) is 0 Å². The molecule has 0 unspecified atom stereocenters. The predicted molar refractivity (Wildman–Crippen MR) is 27.3 cm³/mol. The third-order valence-corrected chi connectivity index (χ3v) is 0.388. The largest absolute Gasteiger partial charge is 0.335 e. The van der Waals surface area contributed by atoms with Gasteiger partial charge in [0.15, 0.2) is 0 Å². The van der Waals surface area contributed by atoms with Crippen molar-refractivity contribution in [2.75, 3.05) is 0 Å². The molecule has 0 fully saturated rings. The third kappa shape index (κ3) is 3.56. The number of thiol groups is 1. The molecule has 3 heteroatoms. The van der Waals surface area contributed by atoms with Crippen molar-refractivity contribution in [3.05, 3.63) is 11.6 Å². The number of carbonyl (C=O) groups is 1. The Labute approximate surface area is 41.6 Å². The molecular weight excluding hydrogens is 98.1 g/mol. The van der Waals surface area contributed by atoms with E-state index in [1.54, 1.807) is 0 Å². The van der Waals surface area contributed by atoms with E-state index in [2.05, 4.69) is 17.9 Å². The normalized spacial score (nSPS) is 8.83. The lowest BCUT2D eigenvalue weighted by molar-refractivity contribution is -0.108. The Morgan fingerprint density at radius 3 is 2.50 bits per heavy atom. The van der Waals surface area contributed by atoms with Crippen LogP contribution in [-0.4, -0.2) is 6.41 Å². The van der Waals surface area contributed by atoms with Gasteiger partial charge in [-0.1, -0.05) is 0 Å². The van der Waals surface area contributed by atoms with Crippen LogP contribution in [0.25, 0.3) is 0 Å². The van der Waals surface area contributed by atoms with Gasteiger partial charge in [-0.05, 0) is 5.41 Å². The van der Waals surface area contributed by atoms with E-state index in [9.17, 15) is 4.79 Å². The Bertz CT molecular complexity index is 61.8. The van der Waals surface area contributed by atoms with E-state index in [0.717, 1.165) is 0 Å². The summed E-state index contributed by atoms with van der Waals surface area (Å²) in [5, 5.41) is 3.70. The quantitative estimate of drug-likeness (QED) is 0.377. The van der Waals surface area contributed by atoms with Crippen LogP contribution in [0.1, 0.15) is 0 Å². The molecule has 0 heterocycles. The molecule has 0 atom stereocenters. The second-order valence-corrected chi connectivity index (χ2v) is 0.898. The fourth-order valence-electron chi connectivity index (χ4n) is 0.0823. The van der Waals surface area contributed by atoms with Crippen LogP contribution in [0.2, 0.25) is 0 Å². The molecular formula is C3H5NOS. The fourth-order valence-corrected chi connectivity index (χ4v) is 0.168. The average Bonchev–Trinajstić information content (AvgIpc) is 1.61. The second kappa shape index (κ2) is 4.56. The van der Waals surface area contributed by atoms with Gasteiger partial charge < -0.3 is 5.32 Å². The molecule has 1 N–H and O–H groups in total. The van der Waals surface area contributed by atoms with E-state index >= 15 is 0 Å². The number of nitrogens with one attached hydrogen (secondary N) is 1. The van der Waals surface area contributed by atoms with Gasteiger partial charge in [0.1, 0.15) is 0 Å². The van der Waals surface area contributed by atoms with Crippen molar-refractivity contribution in [2.45, 2.75) is 0 Å². The minimum Gasteiger partial charge on any atom is -0.335 e. The van der Waals surface area contributed by atoms with Crippen molar-refractivity contribution >= 4 is 19.0 Å². The molecule has 0 saturated carbocycles. The van der Waals surface area contributed by atoms with Gasteiger partial charge in [0.2, 0.25) is 6.41 Å². The van der Waals surface area contributed by atoms with Crippen LogP contribution >= 0.6 is 12.6 Å². The second-order valence-electron chi connectivity index (χ2n) is 0.600. The molecule has 0 aliphatic rings. The Morgan fingerprint density at radius 1 is 1.67 bits per heavy atom. The fraction of sp³-hybridized carbons (Fsp3) is 0. The van der Waals surface area contributed by atoms with E-state index in [4.69, 9.17) is 0 Å². The van der Waals surface area contributed by atoms with Gasteiger partial charge in [-0.25, -0.2) is 0 Å². The third-order valence-electron chi connectivity index (χ3n) is 0.239. The Balaban J connectivity index is 2.85. The summed E-state index contributed by atoms with van der Waals surface area (Å²) >= 11 is 3.65. The summed E-state index contributed by atoms with van der Waals surface area (Å²) in [6.07, 6.45) is 2.00. The Hall–Kier alpha value is -0.440. The van der Waals surface area contributed by atoms with Gasteiger partial charge in [-0.15, -0.1) is 12.6 Å². The molecule has 0 aliphatic carbocycles. The molecule has 1 amide bonds. The van der Waals surface area contributed by atoms with Crippen LogP contribution < -0.4 is 5.32 Å². The van der Waals surface area contributed by atoms with Crippen molar-refractivity contribution in [1.82, 2.24) is 5.32 Å². The molecule has 0 spiro atoms. The van der Waals surface area contributed by atoms with Gasteiger partial charge in [0, 0.05) is 6.20 Å². The monoisotopic (exact) mass is 103 g/mol. The summed E-state index contributed by atoms with van der Waals surface area (Å²) in [7, 11) is 0. The van der Waals surface area contributed by atoms with Crippen LogP contribution in [0, 0.1) is 0 Å². The predicted octanol–water partition coefficient (Wildman–Crippen LogP) is 0.133. The molecule has 0 bridgehead atoms. The molecule has 0 aromatic rings. The van der Waals surface area contributed by atoms with Gasteiger partial charge in [-0.2, -0.15) is 0 Å². The molecule has 0 aromatic carbocycles. The lowest BCUT2D eigenvalue weighted by atomic mass is 11.0. The highest BCUT2D eigenvalue weighted by Gasteiger charge is 1.56. The summed E-state index contributed by atoms with van der Waals surface area (Å²) < 4.78 is 0. The molecule has 0 aromatic heterocycles. The number of hydrogen-bond acceptors (Lipinski definition) is 2. The molecule has 0 rings (SSSR count). The van der Waals surface area contributed by atoms with Crippen molar-refractivity contribution in [3.63, 3.8) is 0 Å². The first kappa shape index (κ1) is 5.56. The minimum atomic E-state index is 0.576. The maximum absolute atomic E-state index is 9.37. The molecule has 0 radical (unpaired) electrons. The lowest BCUT2D eigenvalue weighted by Crippen LogP contribution is -1.96. The van der Waals surface area contributed by atoms with E-state index < -0.39 is 0 Å². The van der Waals surface area contributed by atoms with Crippen molar-refractivity contribution in [2.24, 2.45) is 0 Å². The van der Waals surface area contributed by atoms with Crippen LogP contribution in [-0.2, 0) is 4.79 Å². The SMILES string of the molecule is O=CNC=CS. The van der Waals surface area contributed by atoms with Crippen molar-refractivity contribution in [1.29, 1.82) is 0 Å². The maximum Gasteiger partial charge on any atom is 0.211 e. The van der Waals surface area contributed by atoms with Crippen molar-refractivity contribution in [3.8, 4) is 0 Å². The van der Waals surface area contributed by atoms with E-state index in [-0.39, 0.29) is 0 Å². The first-order chi connectivity index (χ1) is 2.91. The van der Waals surface area contributed by atoms with Gasteiger partial charge in [0.05, 0.1) is 0 Å². The zero-order chi connectivity index (χ0) is 4.83. The van der Waals surface area contributed by atoms with E-state index in [1.165, 1.54) is 11.6 Å². The van der Waals surface area contributed by atoms with Crippen LogP contribution in [0.3, 0.4) is 0 Å². The highest BCUT2D eigenvalue weighted by Crippen LogP contribution is 1.67. The smallest absolute Gasteiger partial charge is 0.211 e. The molecule has 6 heavy (non-hydrogen) atoms. The number of rotatable bonds is 2. The molecule has 0 aliphatic heterocycles. The standard InChI is InChI=1S/C3H5NOS/c5-3-4-1-2-6/h1-3,6H,(H,4,5). The summed E-state index contributed by atoms with van der Waals surface area (Å²) in [6.45, 7) is 0. The first-order valence-corrected chi connectivity index (χ1v) is 1.92. The number of carbonyl (C=O) groups excluding carboxylic acids is 1. The molecule has 34 valence electrons. The minimum absolute atomic E-state index is 0.576. The van der Waals surface area contributed by atoms with Gasteiger partial charge in [-0.3, -0.25) is 4.79 Å². The summed E-state index contributed by atoms with van der Waals surface area (Å²) in [5.74, 6) is 0. The number of amides is 1. The van der Waals surface area contributed by atoms with Gasteiger partial charge >= 0.3 is 0 Å². The van der Waals surface area contributed by atoms with Crippen LogP contribution in [0.5, 0.6) is 0 Å². The van der Waals surface area contributed by atoms with Crippen LogP contribution in [0.4, 0.5) is 0 Å². The molecule has 2 nitrogen and oxygen atoms in total. The Kier molecular flexibility index (Phi) is 4.23. The Morgan fingerprint density at radius 2 is 2.33 bits per heavy atom. The maximum atomic E-state index is 9.37. The van der Waals surface area contributed by atoms with E-state index in [0.29, 0.717) is 6.41 Å². The van der Waals surface area contributed by atoms with Gasteiger partial charge in [0.25, 0.3) is 0 Å². The topological polar surface area (TPSA) is 29.1 Å². The van der Waals surface area contributed by atoms with Crippen molar-refractivity contribution < 1.29 is 4.79 Å². The van der Waals surface area contributed by atoms with Crippen LogP contribution in [0.15, 0.2) is 11.6 Å². The highest BCUT2D eigenvalue weighted by molar-refractivity contribution is 7.83. The zero-order valence-corrected chi connectivity index (χ0v) is 3.98. The first-order valence-electron chi connectivity index (χ1n) is 1.40. The lowest BCUT2D eigenvalue weighted by Gasteiger charge is -1.74. The average molecular weight is 103 g/mol. The summed E-state index contributed by atoms with van der Waals surface area (Å²) in [4.78, 5) is 9.37. The summed E-state index contributed by atoms with van der Waals surface area (Å²) in [6, 6.07) is 0.